The van der Waals surface area contributed by atoms with Gasteiger partial charge in [-0.3, -0.25) is 4.79 Å². The van der Waals surface area contributed by atoms with Gasteiger partial charge in [0.2, 0.25) is 0 Å². The van der Waals surface area contributed by atoms with Crippen molar-refractivity contribution in [2.45, 2.75) is 0 Å². The van der Waals surface area contributed by atoms with E-state index in [1.807, 2.05) is 0 Å². The normalized spacial score (nSPS) is 10.5. The molecule has 0 fully saturated rings. The standard InChI is InChI=1S/C9H6Cl2O/c10-5-4-9(12)7-2-1-3-8(11)6-7/h1-6H/b5-4+. The molecule has 0 aliphatic carbocycles. The minimum atomic E-state index is -0.146. The summed E-state index contributed by atoms with van der Waals surface area (Å²) in [4.78, 5) is 11.2. The van der Waals surface area contributed by atoms with Crippen LogP contribution in [0.2, 0.25) is 5.02 Å². The molecule has 0 bridgehead atoms. The maximum atomic E-state index is 11.2. The highest BCUT2D eigenvalue weighted by Crippen LogP contribution is 2.11. The highest BCUT2D eigenvalue weighted by molar-refractivity contribution is 6.31. The highest BCUT2D eigenvalue weighted by atomic mass is 35.5. The van der Waals surface area contributed by atoms with Gasteiger partial charge in [0.1, 0.15) is 0 Å². The molecule has 3 heteroatoms. The molecule has 0 aliphatic heterocycles. The van der Waals surface area contributed by atoms with Crippen molar-refractivity contribution in [1.29, 1.82) is 0 Å². The molecule has 0 unspecified atom stereocenters. The first-order chi connectivity index (χ1) is 5.74. The van der Waals surface area contributed by atoms with Crippen molar-refractivity contribution in [3.05, 3.63) is 46.5 Å². The molecule has 0 atom stereocenters. The summed E-state index contributed by atoms with van der Waals surface area (Å²) in [7, 11) is 0. The predicted octanol–water partition coefficient (Wildman–Crippen LogP) is 3.28. The Morgan fingerprint density at radius 1 is 1.42 bits per heavy atom. The first-order valence-corrected chi connectivity index (χ1v) is 4.12. The van der Waals surface area contributed by atoms with Gasteiger partial charge in [0.25, 0.3) is 0 Å². The van der Waals surface area contributed by atoms with Crippen molar-refractivity contribution in [1.82, 2.24) is 0 Å². The molecule has 0 saturated heterocycles. The Bertz CT molecular complexity index is 318. The zero-order valence-electron chi connectivity index (χ0n) is 6.13. The van der Waals surface area contributed by atoms with Gasteiger partial charge in [0, 0.05) is 16.1 Å². The van der Waals surface area contributed by atoms with Crippen LogP contribution >= 0.6 is 23.2 Å². The number of hydrogen-bond donors (Lipinski definition) is 0. The van der Waals surface area contributed by atoms with Gasteiger partial charge in [0.15, 0.2) is 5.78 Å². The molecule has 0 heterocycles. The van der Waals surface area contributed by atoms with E-state index < -0.39 is 0 Å². The number of carbonyl (C=O) groups excluding carboxylic acids is 1. The molecule has 1 aromatic carbocycles. The fourth-order valence-corrected chi connectivity index (χ4v) is 1.10. The van der Waals surface area contributed by atoms with Gasteiger partial charge in [-0.25, -0.2) is 0 Å². The van der Waals surface area contributed by atoms with Gasteiger partial charge in [0.05, 0.1) is 0 Å². The second kappa shape index (κ2) is 4.29. The summed E-state index contributed by atoms with van der Waals surface area (Å²) >= 11 is 10.9. The van der Waals surface area contributed by atoms with Crippen LogP contribution in [-0.2, 0) is 0 Å². The van der Waals surface area contributed by atoms with E-state index in [-0.39, 0.29) is 5.78 Å². The fraction of sp³-hybridized carbons (Fsp3) is 0. The Morgan fingerprint density at radius 3 is 2.75 bits per heavy atom. The zero-order valence-corrected chi connectivity index (χ0v) is 7.64. The number of allylic oxidation sites excluding steroid dienone is 1. The van der Waals surface area contributed by atoms with Gasteiger partial charge in [-0.15, -0.1) is 0 Å². The van der Waals surface area contributed by atoms with E-state index in [2.05, 4.69) is 0 Å². The molecule has 62 valence electrons. The second-order valence-electron chi connectivity index (χ2n) is 2.17. The maximum Gasteiger partial charge on any atom is 0.186 e. The topological polar surface area (TPSA) is 17.1 Å². The summed E-state index contributed by atoms with van der Waals surface area (Å²) in [5, 5.41) is 0.545. The number of halogens is 2. The Labute approximate surface area is 80.6 Å². The lowest BCUT2D eigenvalue weighted by Gasteiger charge is -1.94. The van der Waals surface area contributed by atoms with Gasteiger partial charge < -0.3 is 0 Å². The third-order valence-electron chi connectivity index (χ3n) is 1.32. The van der Waals surface area contributed by atoms with Gasteiger partial charge in [-0.05, 0) is 18.2 Å². The summed E-state index contributed by atoms with van der Waals surface area (Å²) in [5.41, 5.74) is 1.72. The second-order valence-corrected chi connectivity index (χ2v) is 2.86. The van der Waals surface area contributed by atoms with E-state index in [1.54, 1.807) is 24.3 Å². The van der Waals surface area contributed by atoms with Crippen LogP contribution in [0.15, 0.2) is 35.9 Å². The number of hydrogen-bond acceptors (Lipinski definition) is 1. The molecule has 0 aromatic heterocycles. The number of carbonyl (C=O) groups is 1. The smallest absolute Gasteiger partial charge is 0.186 e. The summed E-state index contributed by atoms with van der Waals surface area (Å²) in [6.45, 7) is 0. The van der Waals surface area contributed by atoms with E-state index >= 15 is 0 Å². The maximum absolute atomic E-state index is 11.2. The molecule has 1 nitrogen and oxygen atoms in total. The van der Waals surface area contributed by atoms with Gasteiger partial charge >= 0.3 is 0 Å². The lowest BCUT2D eigenvalue weighted by molar-refractivity contribution is 0.104. The van der Waals surface area contributed by atoms with Crippen LogP contribution in [0.25, 0.3) is 0 Å². The van der Waals surface area contributed by atoms with E-state index in [9.17, 15) is 4.79 Å². The van der Waals surface area contributed by atoms with Crippen molar-refractivity contribution >= 4 is 29.0 Å². The quantitative estimate of drug-likeness (QED) is 0.530. The molecule has 0 saturated carbocycles. The summed E-state index contributed by atoms with van der Waals surface area (Å²) in [6.07, 6.45) is 1.28. The Morgan fingerprint density at radius 2 is 2.17 bits per heavy atom. The minimum absolute atomic E-state index is 0.146. The average Bonchev–Trinajstić information content (AvgIpc) is 2.05. The van der Waals surface area contributed by atoms with Crippen molar-refractivity contribution in [3.63, 3.8) is 0 Å². The Kier molecular flexibility index (Phi) is 3.32. The largest absolute Gasteiger partial charge is 0.289 e. The highest BCUT2D eigenvalue weighted by Gasteiger charge is 2.00. The third-order valence-corrected chi connectivity index (χ3v) is 1.68. The molecule has 0 aliphatic rings. The van der Waals surface area contributed by atoms with Crippen molar-refractivity contribution < 1.29 is 4.79 Å². The van der Waals surface area contributed by atoms with Crippen LogP contribution in [0.3, 0.4) is 0 Å². The minimum Gasteiger partial charge on any atom is -0.289 e. The number of rotatable bonds is 2. The molecule has 0 amide bonds. The Balaban J connectivity index is 2.96. The first-order valence-electron chi connectivity index (χ1n) is 3.30. The van der Waals surface area contributed by atoms with Crippen molar-refractivity contribution in [2.24, 2.45) is 0 Å². The van der Waals surface area contributed by atoms with Crippen LogP contribution in [0, 0.1) is 0 Å². The molecule has 0 spiro atoms. The predicted molar refractivity (Wildman–Crippen MR) is 50.8 cm³/mol. The number of benzene rings is 1. The van der Waals surface area contributed by atoms with E-state index in [1.165, 1.54) is 11.6 Å². The number of ketones is 1. The monoisotopic (exact) mass is 200 g/mol. The molecule has 1 rings (SSSR count). The summed E-state index contributed by atoms with van der Waals surface area (Å²) in [5.74, 6) is -0.146. The van der Waals surface area contributed by atoms with Crippen molar-refractivity contribution in [3.8, 4) is 0 Å². The third kappa shape index (κ3) is 2.36. The van der Waals surface area contributed by atoms with Crippen LogP contribution in [0.4, 0.5) is 0 Å². The zero-order chi connectivity index (χ0) is 8.97. The first kappa shape index (κ1) is 9.30. The van der Waals surface area contributed by atoms with Gasteiger partial charge in [-0.1, -0.05) is 35.3 Å². The summed E-state index contributed by atoms with van der Waals surface area (Å²) in [6, 6.07) is 6.71. The van der Waals surface area contributed by atoms with Crippen LogP contribution in [-0.4, -0.2) is 5.78 Å². The van der Waals surface area contributed by atoms with E-state index in [4.69, 9.17) is 23.2 Å². The molecule has 12 heavy (non-hydrogen) atoms. The SMILES string of the molecule is O=C(/C=C/Cl)c1cccc(Cl)c1. The lowest BCUT2D eigenvalue weighted by Crippen LogP contribution is -1.92. The average molecular weight is 201 g/mol. The molecular weight excluding hydrogens is 195 g/mol. The van der Waals surface area contributed by atoms with Crippen molar-refractivity contribution in [2.75, 3.05) is 0 Å². The molecule has 0 radical (unpaired) electrons. The Hall–Kier alpha value is -0.790. The van der Waals surface area contributed by atoms with Gasteiger partial charge in [-0.2, -0.15) is 0 Å². The lowest BCUT2D eigenvalue weighted by atomic mass is 10.1. The van der Waals surface area contributed by atoms with E-state index in [0.717, 1.165) is 0 Å². The molecule has 0 N–H and O–H groups in total. The molecule has 1 aromatic rings. The molecular formula is C9H6Cl2O. The van der Waals surface area contributed by atoms with Crippen LogP contribution in [0.1, 0.15) is 10.4 Å². The fourth-order valence-electron chi connectivity index (χ4n) is 0.795. The summed E-state index contributed by atoms with van der Waals surface area (Å²) < 4.78 is 0. The van der Waals surface area contributed by atoms with Crippen LogP contribution in [0.5, 0.6) is 0 Å². The van der Waals surface area contributed by atoms with E-state index in [0.29, 0.717) is 10.6 Å². The van der Waals surface area contributed by atoms with Crippen LogP contribution < -0.4 is 0 Å².